The molecule has 2 N–H and O–H groups in total. The van der Waals surface area contributed by atoms with Crippen molar-refractivity contribution in [1.82, 2.24) is 0 Å². The van der Waals surface area contributed by atoms with Crippen molar-refractivity contribution in [3.8, 4) is 0 Å². The monoisotopic (exact) mass is 237 g/mol. The summed E-state index contributed by atoms with van der Waals surface area (Å²) in [5, 5.41) is 0. The molecule has 0 heterocycles. The molecule has 0 amide bonds. The van der Waals surface area contributed by atoms with E-state index in [9.17, 15) is 0 Å². The van der Waals surface area contributed by atoms with Crippen LogP contribution in [0.25, 0.3) is 0 Å². The second kappa shape index (κ2) is 6.22. The predicted octanol–water partition coefficient (Wildman–Crippen LogP) is 4.36. The zero-order valence-corrected chi connectivity index (χ0v) is 11.8. The lowest BCUT2D eigenvalue weighted by Crippen LogP contribution is -2.33. The van der Waals surface area contributed by atoms with E-state index in [1.165, 1.54) is 57.8 Å². The molecule has 2 aliphatic rings. The van der Waals surface area contributed by atoms with Crippen LogP contribution in [0.4, 0.5) is 0 Å². The van der Waals surface area contributed by atoms with Crippen LogP contribution in [-0.4, -0.2) is 6.04 Å². The van der Waals surface area contributed by atoms with Gasteiger partial charge in [-0.05, 0) is 55.8 Å². The van der Waals surface area contributed by atoms with Gasteiger partial charge in [-0.1, -0.05) is 39.5 Å². The van der Waals surface area contributed by atoms with Gasteiger partial charge in [-0.2, -0.15) is 0 Å². The lowest BCUT2D eigenvalue weighted by Gasteiger charge is -2.29. The molecule has 17 heavy (non-hydrogen) atoms. The zero-order chi connectivity index (χ0) is 12.3. The summed E-state index contributed by atoms with van der Waals surface area (Å²) >= 11 is 0. The molecule has 0 aromatic rings. The highest BCUT2D eigenvalue weighted by molar-refractivity contribution is 4.92. The smallest absolute Gasteiger partial charge is 0.00698 e. The van der Waals surface area contributed by atoms with Crippen LogP contribution in [0.3, 0.4) is 0 Å². The Kier molecular flexibility index (Phi) is 4.90. The molecule has 5 atom stereocenters. The van der Waals surface area contributed by atoms with Crippen molar-refractivity contribution in [2.24, 2.45) is 29.4 Å². The molecule has 0 aromatic heterocycles. The van der Waals surface area contributed by atoms with Crippen molar-refractivity contribution in [3.63, 3.8) is 0 Å². The number of hydrogen-bond acceptors (Lipinski definition) is 1. The van der Waals surface area contributed by atoms with Gasteiger partial charge in [-0.25, -0.2) is 0 Å². The topological polar surface area (TPSA) is 26.0 Å². The Hall–Kier alpha value is -0.0400. The number of unbranched alkanes of at least 4 members (excludes halogenated alkanes) is 1. The van der Waals surface area contributed by atoms with E-state index in [0.717, 1.165) is 23.7 Å². The van der Waals surface area contributed by atoms with Crippen LogP contribution in [-0.2, 0) is 0 Å². The van der Waals surface area contributed by atoms with E-state index < -0.39 is 0 Å². The first-order valence-corrected chi connectivity index (χ1v) is 8.00. The summed E-state index contributed by atoms with van der Waals surface area (Å²) in [6, 6.07) is 0.482. The third-order valence-corrected chi connectivity index (χ3v) is 5.52. The first kappa shape index (κ1) is 13.4. The molecule has 0 aromatic carbocycles. The largest absolute Gasteiger partial charge is 0.327 e. The number of hydrogen-bond donors (Lipinski definition) is 1. The Morgan fingerprint density at radius 3 is 2.53 bits per heavy atom. The Balaban J connectivity index is 1.77. The third-order valence-electron chi connectivity index (χ3n) is 5.52. The fraction of sp³-hybridized carbons (Fsp3) is 1.00. The molecule has 2 rings (SSSR count). The Labute approximate surface area is 108 Å². The van der Waals surface area contributed by atoms with E-state index in [1.54, 1.807) is 0 Å². The second-order valence-corrected chi connectivity index (χ2v) is 6.65. The molecule has 2 bridgehead atoms. The van der Waals surface area contributed by atoms with Crippen molar-refractivity contribution in [1.29, 1.82) is 0 Å². The van der Waals surface area contributed by atoms with Gasteiger partial charge >= 0.3 is 0 Å². The molecule has 0 aliphatic heterocycles. The zero-order valence-electron chi connectivity index (χ0n) is 11.8. The third kappa shape index (κ3) is 3.24. The molecule has 2 aliphatic carbocycles. The van der Waals surface area contributed by atoms with Crippen LogP contribution in [0.1, 0.15) is 71.6 Å². The maximum Gasteiger partial charge on any atom is 0.00698 e. The Morgan fingerprint density at radius 2 is 2.00 bits per heavy atom. The highest BCUT2D eigenvalue weighted by Crippen LogP contribution is 2.50. The van der Waals surface area contributed by atoms with E-state index >= 15 is 0 Å². The number of fused-ring (bicyclic) bond motifs is 2. The molecule has 1 nitrogen and oxygen atoms in total. The van der Waals surface area contributed by atoms with Crippen LogP contribution in [0, 0.1) is 23.7 Å². The summed E-state index contributed by atoms with van der Waals surface area (Å²) in [6.45, 7) is 4.61. The molecule has 100 valence electrons. The highest BCUT2D eigenvalue weighted by atomic mass is 14.7. The predicted molar refractivity (Wildman–Crippen MR) is 74.8 cm³/mol. The first-order chi connectivity index (χ1) is 8.24. The molecule has 0 spiro atoms. The van der Waals surface area contributed by atoms with E-state index in [4.69, 9.17) is 5.73 Å². The normalized spacial score (nSPS) is 35.1. The Bertz CT molecular complexity index is 226. The quantitative estimate of drug-likeness (QED) is 0.699. The Morgan fingerprint density at radius 1 is 1.18 bits per heavy atom. The molecule has 2 fully saturated rings. The van der Waals surface area contributed by atoms with Crippen LogP contribution in [0.15, 0.2) is 0 Å². The van der Waals surface area contributed by atoms with E-state index in [-0.39, 0.29) is 0 Å². The molecule has 5 unspecified atom stereocenters. The highest BCUT2D eigenvalue weighted by Gasteiger charge is 2.40. The summed E-state index contributed by atoms with van der Waals surface area (Å²) < 4.78 is 0. The van der Waals surface area contributed by atoms with Gasteiger partial charge in [0.1, 0.15) is 0 Å². The van der Waals surface area contributed by atoms with E-state index in [2.05, 4.69) is 13.8 Å². The van der Waals surface area contributed by atoms with Crippen LogP contribution in [0.2, 0.25) is 0 Å². The van der Waals surface area contributed by atoms with Crippen LogP contribution >= 0.6 is 0 Å². The van der Waals surface area contributed by atoms with Crippen LogP contribution in [0.5, 0.6) is 0 Å². The summed E-state index contributed by atoms with van der Waals surface area (Å²) in [7, 11) is 0. The number of rotatable bonds is 7. The van der Waals surface area contributed by atoms with Crippen molar-refractivity contribution in [3.05, 3.63) is 0 Å². The van der Waals surface area contributed by atoms with Crippen molar-refractivity contribution in [2.75, 3.05) is 0 Å². The maximum absolute atomic E-state index is 6.48. The summed E-state index contributed by atoms with van der Waals surface area (Å²) in [6.07, 6.45) is 12.7. The summed E-state index contributed by atoms with van der Waals surface area (Å²) in [5.41, 5.74) is 6.48. The van der Waals surface area contributed by atoms with Gasteiger partial charge in [0.15, 0.2) is 0 Å². The van der Waals surface area contributed by atoms with Gasteiger partial charge in [0.25, 0.3) is 0 Å². The second-order valence-electron chi connectivity index (χ2n) is 6.65. The van der Waals surface area contributed by atoms with Gasteiger partial charge < -0.3 is 5.73 Å². The van der Waals surface area contributed by atoms with Gasteiger partial charge in [-0.15, -0.1) is 0 Å². The SMILES string of the molecule is CCCCC(CC)C(N)CC1CC2CCC1C2. The average Bonchev–Trinajstić information content (AvgIpc) is 2.92. The minimum Gasteiger partial charge on any atom is -0.327 e. The molecular weight excluding hydrogens is 206 g/mol. The first-order valence-electron chi connectivity index (χ1n) is 8.00. The standard InChI is InChI=1S/C16H31N/c1-3-5-6-13(4-2)16(17)11-15-10-12-7-8-14(15)9-12/h12-16H,3-11,17H2,1-2H3. The fourth-order valence-corrected chi connectivity index (χ4v) is 4.39. The minimum absolute atomic E-state index is 0.482. The lowest BCUT2D eigenvalue weighted by molar-refractivity contribution is 0.251. The van der Waals surface area contributed by atoms with Crippen molar-refractivity contribution in [2.45, 2.75) is 77.7 Å². The van der Waals surface area contributed by atoms with Crippen molar-refractivity contribution < 1.29 is 0 Å². The van der Waals surface area contributed by atoms with Gasteiger partial charge in [0, 0.05) is 6.04 Å². The fourth-order valence-electron chi connectivity index (χ4n) is 4.39. The molecule has 1 heteroatoms. The molecule has 0 saturated heterocycles. The lowest BCUT2D eigenvalue weighted by atomic mass is 9.80. The minimum atomic E-state index is 0.482. The maximum atomic E-state index is 6.48. The van der Waals surface area contributed by atoms with E-state index in [1.807, 2.05) is 0 Å². The summed E-state index contributed by atoms with van der Waals surface area (Å²) in [5.74, 6) is 3.90. The van der Waals surface area contributed by atoms with Gasteiger partial charge in [0.05, 0.1) is 0 Å². The van der Waals surface area contributed by atoms with Gasteiger partial charge in [-0.3, -0.25) is 0 Å². The molecular formula is C16H31N. The number of nitrogens with two attached hydrogens (primary N) is 1. The van der Waals surface area contributed by atoms with Crippen molar-refractivity contribution >= 4 is 0 Å². The van der Waals surface area contributed by atoms with E-state index in [0.29, 0.717) is 6.04 Å². The summed E-state index contributed by atoms with van der Waals surface area (Å²) in [4.78, 5) is 0. The molecule has 2 saturated carbocycles. The molecule has 0 radical (unpaired) electrons. The van der Waals surface area contributed by atoms with Crippen LogP contribution < -0.4 is 5.73 Å². The van der Waals surface area contributed by atoms with Gasteiger partial charge in [0.2, 0.25) is 0 Å². The average molecular weight is 237 g/mol.